The molecule has 0 amide bonds. The van der Waals surface area contributed by atoms with E-state index in [9.17, 15) is 9.59 Å². The lowest BCUT2D eigenvalue weighted by atomic mass is 10.1. The lowest BCUT2D eigenvalue weighted by Crippen LogP contribution is -2.24. The van der Waals surface area contributed by atoms with E-state index in [1.165, 1.54) is 0 Å². The third kappa shape index (κ3) is 3.21. The average molecular weight is 285 g/mol. The van der Waals surface area contributed by atoms with Gasteiger partial charge in [0.2, 0.25) is 0 Å². The maximum atomic E-state index is 12.3. The molecule has 110 valence electrons. The summed E-state index contributed by atoms with van der Waals surface area (Å²) in [6.07, 6.45) is 1.43. The highest BCUT2D eigenvalue weighted by Crippen LogP contribution is 2.22. The van der Waals surface area contributed by atoms with Crippen LogP contribution in [0.3, 0.4) is 0 Å². The quantitative estimate of drug-likeness (QED) is 0.766. The molecule has 1 aromatic carbocycles. The van der Waals surface area contributed by atoms with Crippen molar-refractivity contribution in [3.8, 4) is 17.0 Å². The summed E-state index contributed by atoms with van der Waals surface area (Å²) in [6, 6.07) is 11.0. The summed E-state index contributed by atoms with van der Waals surface area (Å²) < 4.78 is 7.07. The first-order valence-corrected chi connectivity index (χ1v) is 7.13. The number of rotatable bonds is 6. The Labute approximate surface area is 124 Å². The molecule has 21 heavy (non-hydrogen) atoms. The Morgan fingerprint density at radius 1 is 1.10 bits per heavy atom. The molecule has 1 heterocycles. The van der Waals surface area contributed by atoms with Crippen molar-refractivity contribution in [1.29, 1.82) is 0 Å². The van der Waals surface area contributed by atoms with E-state index in [2.05, 4.69) is 0 Å². The number of ether oxygens (including phenoxy) is 1. The molecule has 4 heteroatoms. The molecular formula is C17H19NO3. The summed E-state index contributed by atoms with van der Waals surface area (Å²) in [5.41, 5.74) is 1.70. The summed E-state index contributed by atoms with van der Waals surface area (Å²) >= 11 is 0. The van der Waals surface area contributed by atoms with Crippen LogP contribution in [0.2, 0.25) is 0 Å². The molecule has 0 aliphatic rings. The van der Waals surface area contributed by atoms with Gasteiger partial charge in [-0.15, -0.1) is 0 Å². The predicted molar refractivity (Wildman–Crippen MR) is 83.0 cm³/mol. The van der Waals surface area contributed by atoms with Crippen molar-refractivity contribution >= 4 is 6.29 Å². The van der Waals surface area contributed by atoms with E-state index in [1.807, 2.05) is 44.2 Å². The summed E-state index contributed by atoms with van der Waals surface area (Å²) in [5, 5.41) is 0. The zero-order valence-electron chi connectivity index (χ0n) is 12.3. The highest BCUT2D eigenvalue weighted by molar-refractivity contribution is 5.75. The van der Waals surface area contributed by atoms with Crippen LogP contribution < -0.4 is 10.3 Å². The molecule has 0 aliphatic carbocycles. The molecule has 0 saturated carbocycles. The molecule has 0 spiro atoms. The van der Waals surface area contributed by atoms with Crippen LogP contribution in [-0.2, 0) is 6.54 Å². The van der Waals surface area contributed by atoms with Crippen molar-refractivity contribution in [2.24, 2.45) is 0 Å². The maximum Gasteiger partial charge on any atom is 0.261 e. The molecule has 1 aromatic heterocycles. The molecule has 0 aliphatic heterocycles. The molecule has 0 fully saturated rings. The first-order valence-electron chi connectivity index (χ1n) is 7.13. The lowest BCUT2D eigenvalue weighted by Gasteiger charge is -2.13. The average Bonchev–Trinajstić information content (AvgIpc) is 2.51. The third-order valence-corrected chi connectivity index (χ3v) is 3.24. The van der Waals surface area contributed by atoms with Crippen molar-refractivity contribution in [3.05, 3.63) is 52.3 Å². The fourth-order valence-corrected chi connectivity index (χ4v) is 2.27. The highest BCUT2D eigenvalue weighted by Gasteiger charge is 2.09. The van der Waals surface area contributed by atoms with Gasteiger partial charge in [0.05, 0.1) is 17.9 Å². The van der Waals surface area contributed by atoms with Gasteiger partial charge in [-0.25, -0.2) is 0 Å². The first kappa shape index (κ1) is 15.0. The Morgan fingerprint density at radius 2 is 1.81 bits per heavy atom. The van der Waals surface area contributed by atoms with Gasteiger partial charge < -0.3 is 9.30 Å². The maximum absolute atomic E-state index is 12.3. The highest BCUT2D eigenvalue weighted by atomic mass is 16.5. The molecule has 0 unspecified atom stereocenters. The molecule has 0 bridgehead atoms. The number of pyridine rings is 1. The minimum atomic E-state index is -0.238. The van der Waals surface area contributed by atoms with Gasteiger partial charge in [-0.3, -0.25) is 9.59 Å². The van der Waals surface area contributed by atoms with Gasteiger partial charge in [0.1, 0.15) is 5.75 Å². The van der Waals surface area contributed by atoms with Gasteiger partial charge in [0, 0.05) is 6.54 Å². The van der Waals surface area contributed by atoms with Gasteiger partial charge in [-0.2, -0.15) is 0 Å². The lowest BCUT2D eigenvalue weighted by molar-refractivity contribution is 0.112. The van der Waals surface area contributed by atoms with Crippen molar-refractivity contribution in [1.82, 2.24) is 4.57 Å². The number of carbonyl (C=O) groups excluding carboxylic acids is 1. The Balaban J connectivity index is 2.49. The van der Waals surface area contributed by atoms with E-state index in [0.717, 1.165) is 23.4 Å². The Hall–Kier alpha value is -2.36. The Morgan fingerprint density at radius 3 is 2.38 bits per heavy atom. The second-order valence-electron chi connectivity index (χ2n) is 4.71. The number of hydrogen-bond acceptors (Lipinski definition) is 3. The predicted octanol–water partition coefficient (Wildman–Crippen LogP) is 3.14. The van der Waals surface area contributed by atoms with E-state index in [-0.39, 0.29) is 11.1 Å². The molecule has 2 aromatic rings. The fraction of sp³-hybridized carbons (Fsp3) is 0.294. The number of carbonyl (C=O) groups is 1. The largest absolute Gasteiger partial charge is 0.494 e. The van der Waals surface area contributed by atoms with Gasteiger partial charge >= 0.3 is 0 Å². The Bertz CT molecular complexity index is 671. The van der Waals surface area contributed by atoms with Gasteiger partial charge in [-0.05, 0) is 55.3 Å². The van der Waals surface area contributed by atoms with Crippen LogP contribution in [0, 0.1) is 0 Å². The minimum Gasteiger partial charge on any atom is -0.494 e. The fourth-order valence-electron chi connectivity index (χ4n) is 2.27. The molecule has 0 N–H and O–H groups in total. The van der Waals surface area contributed by atoms with Crippen molar-refractivity contribution in [2.75, 3.05) is 6.61 Å². The van der Waals surface area contributed by atoms with E-state index in [4.69, 9.17) is 4.74 Å². The summed E-state index contributed by atoms with van der Waals surface area (Å²) in [5.74, 6) is 0.801. The Kier molecular flexibility index (Phi) is 4.93. The summed E-state index contributed by atoms with van der Waals surface area (Å²) in [4.78, 5) is 23.2. The van der Waals surface area contributed by atoms with Crippen LogP contribution in [0.25, 0.3) is 11.3 Å². The van der Waals surface area contributed by atoms with E-state index in [1.54, 1.807) is 10.6 Å². The van der Waals surface area contributed by atoms with E-state index < -0.39 is 0 Å². The smallest absolute Gasteiger partial charge is 0.261 e. The zero-order valence-corrected chi connectivity index (χ0v) is 12.3. The van der Waals surface area contributed by atoms with E-state index >= 15 is 0 Å². The van der Waals surface area contributed by atoms with Crippen LogP contribution in [0.4, 0.5) is 0 Å². The zero-order chi connectivity index (χ0) is 15.2. The van der Waals surface area contributed by atoms with Crippen LogP contribution >= 0.6 is 0 Å². The van der Waals surface area contributed by atoms with Crippen molar-refractivity contribution in [2.45, 2.75) is 26.8 Å². The molecular weight excluding hydrogens is 266 g/mol. The van der Waals surface area contributed by atoms with Gasteiger partial charge in [0.25, 0.3) is 5.56 Å². The molecule has 0 atom stereocenters. The normalized spacial score (nSPS) is 10.4. The minimum absolute atomic E-state index is 0.193. The standard InChI is InChI=1S/C17H19NO3/c1-3-11-18-16(10-7-14(12-19)17(18)20)13-5-8-15(9-6-13)21-4-2/h5-10,12H,3-4,11H2,1-2H3. The topological polar surface area (TPSA) is 48.3 Å². The van der Waals surface area contributed by atoms with Crippen LogP contribution in [0.5, 0.6) is 5.75 Å². The molecule has 0 radical (unpaired) electrons. The molecule has 4 nitrogen and oxygen atoms in total. The summed E-state index contributed by atoms with van der Waals surface area (Å²) in [7, 11) is 0. The van der Waals surface area contributed by atoms with Crippen molar-refractivity contribution in [3.63, 3.8) is 0 Å². The van der Waals surface area contributed by atoms with Gasteiger partial charge in [-0.1, -0.05) is 6.92 Å². The number of aldehydes is 1. The summed E-state index contributed by atoms with van der Waals surface area (Å²) in [6.45, 7) is 5.14. The third-order valence-electron chi connectivity index (χ3n) is 3.24. The number of benzene rings is 1. The number of hydrogen-bond donors (Lipinski definition) is 0. The number of aromatic nitrogens is 1. The van der Waals surface area contributed by atoms with Crippen molar-refractivity contribution < 1.29 is 9.53 Å². The first-order chi connectivity index (χ1) is 10.2. The van der Waals surface area contributed by atoms with E-state index in [0.29, 0.717) is 19.4 Å². The van der Waals surface area contributed by atoms with Gasteiger partial charge in [0.15, 0.2) is 6.29 Å². The van der Waals surface area contributed by atoms with Crippen LogP contribution in [-0.4, -0.2) is 17.5 Å². The van der Waals surface area contributed by atoms with Crippen LogP contribution in [0.15, 0.2) is 41.2 Å². The number of nitrogens with zero attached hydrogens (tertiary/aromatic N) is 1. The van der Waals surface area contributed by atoms with Crippen LogP contribution in [0.1, 0.15) is 30.6 Å². The monoisotopic (exact) mass is 285 g/mol. The second kappa shape index (κ2) is 6.88. The molecule has 0 saturated heterocycles. The SMILES string of the molecule is CCCn1c(-c2ccc(OCC)cc2)ccc(C=O)c1=O. The molecule has 2 rings (SSSR count). The second-order valence-corrected chi connectivity index (χ2v) is 4.71.